The monoisotopic (exact) mass is 244 g/mol. The number of rotatable bonds is 5. The predicted octanol–water partition coefficient (Wildman–Crippen LogP) is 2.85. The lowest BCUT2D eigenvalue weighted by Gasteiger charge is -1.99. The average Bonchev–Trinajstić information content (AvgIpc) is 2.80. The molecule has 0 unspecified atom stereocenters. The fourth-order valence-electron chi connectivity index (χ4n) is 1.60. The number of hydrogen-bond acceptors (Lipinski definition) is 3. The van der Waals surface area contributed by atoms with E-state index in [1.54, 1.807) is 17.1 Å². The third-order valence-corrected chi connectivity index (χ3v) is 2.59. The number of para-hydroxylation sites is 2. The molecule has 2 rings (SSSR count). The molecule has 0 radical (unpaired) electrons. The van der Waals surface area contributed by atoms with Crippen molar-refractivity contribution in [2.45, 2.75) is 19.8 Å². The minimum atomic E-state index is -0.318. The summed E-state index contributed by atoms with van der Waals surface area (Å²) in [6.07, 6.45) is 6.69. The van der Waals surface area contributed by atoms with Crippen molar-refractivity contribution >= 4 is 23.2 Å². The van der Waals surface area contributed by atoms with Crippen LogP contribution in [-0.4, -0.2) is 22.1 Å². The minimum Gasteiger partial charge on any atom is -0.462 e. The number of carbonyl (C=O) groups is 1. The normalized spacial score (nSPS) is 11.2. The highest BCUT2D eigenvalue weighted by Crippen LogP contribution is 2.11. The van der Waals surface area contributed by atoms with Crippen LogP contribution in [-0.2, 0) is 9.53 Å². The summed E-state index contributed by atoms with van der Waals surface area (Å²) in [4.78, 5) is 15.6. The molecule has 1 aromatic carbocycles. The number of benzene rings is 1. The van der Waals surface area contributed by atoms with Gasteiger partial charge in [0.05, 0.1) is 24.0 Å². The maximum Gasteiger partial charge on any atom is 0.332 e. The minimum absolute atomic E-state index is 0.318. The number of carbonyl (C=O) groups excluding carboxylic acids is 1. The number of unbranched alkanes of at least 4 members (excludes halogenated alkanes) is 1. The molecule has 1 heterocycles. The molecule has 0 amide bonds. The van der Waals surface area contributed by atoms with Crippen molar-refractivity contribution in [2.75, 3.05) is 6.61 Å². The predicted molar refractivity (Wildman–Crippen MR) is 70.9 cm³/mol. The van der Waals surface area contributed by atoms with Crippen LogP contribution in [0.25, 0.3) is 17.2 Å². The molecule has 94 valence electrons. The third-order valence-electron chi connectivity index (χ3n) is 2.59. The molecule has 0 spiro atoms. The first kappa shape index (κ1) is 12.4. The molecular weight excluding hydrogens is 228 g/mol. The first-order chi connectivity index (χ1) is 8.81. The lowest BCUT2D eigenvalue weighted by Crippen LogP contribution is -2.02. The van der Waals surface area contributed by atoms with E-state index in [9.17, 15) is 4.79 Å². The van der Waals surface area contributed by atoms with Crippen molar-refractivity contribution < 1.29 is 9.53 Å². The molecule has 0 aliphatic heterocycles. The number of ether oxygens (including phenoxy) is 1. The smallest absolute Gasteiger partial charge is 0.332 e. The number of hydrogen-bond donors (Lipinski definition) is 0. The summed E-state index contributed by atoms with van der Waals surface area (Å²) in [6.45, 7) is 2.53. The maximum absolute atomic E-state index is 11.4. The molecule has 0 bridgehead atoms. The van der Waals surface area contributed by atoms with Gasteiger partial charge >= 0.3 is 5.97 Å². The molecule has 0 aliphatic carbocycles. The van der Waals surface area contributed by atoms with E-state index in [0.717, 1.165) is 23.9 Å². The summed E-state index contributed by atoms with van der Waals surface area (Å²) in [5.74, 6) is -0.318. The zero-order chi connectivity index (χ0) is 12.8. The molecular formula is C14H16N2O2. The Morgan fingerprint density at radius 3 is 3.11 bits per heavy atom. The standard InChI is InChI=1S/C14H16N2O2/c1-2-3-10-18-14(17)8-9-16-11-15-12-6-4-5-7-13(12)16/h4-9,11H,2-3,10H2,1H3/b9-8+. The van der Waals surface area contributed by atoms with Crippen LogP contribution in [0.2, 0.25) is 0 Å². The van der Waals surface area contributed by atoms with Crippen molar-refractivity contribution in [1.82, 2.24) is 9.55 Å². The van der Waals surface area contributed by atoms with Crippen molar-refractivity contribution in [3.05, 3.63) is 36.7 Å². The summed E-state index contributed by atoms with van der Waals surface area (Å²) in [6, 6.07) is 7.75. The Kier molecular flexibility index (Phi) is 4.12. The second kappa shape index (κ2) is 6.00. The van der Waals surface area contributed by atoms with E-state index in [0.29, 0.717) is 6.61 Å². The molecule has 0 saturated carbocycles. The van der Waals surface area contributed by atoms with Gasteiger partial charge in [0.25, 0.3) is 0 Å². The van der Waals surface area contributed by atoms with E-state index in [1.165, 1.54) is 6.08 Å². The Morgan fingerprint density at radius 1 is 1.44 bits per heavy atom. The van der Waals surface area contributed by atoms with Crippen molar-refractivity contribution in [3.63, 3.8) is 0 Å². The summed E-state index contributed by atoms with van der Waals surface area (Å²) in [5, 5.41) is 0. The van der Waals surface area contributed by atoms with Gasteiger partial charge in [-0.1, -0.05) is 25.5 Å². The average molecular weight is 244 g/mol. The number of nitrogens with zero attached hydrogens (tertiary/aromatic N) is 2. The Balaban J connectivity index is 2.02. The topological polar surface area (TPSA) is 44.1 Å². The second-order valence-electron chi connectivity index (χ2n) is 3.98. The molecule has 0 saturated heterocycles. The van der Waals surface area contributed by atoms with E-state index in [2.05, 4.69) is 11.9 Å². The largest absolute Gasteiger partial charge is 0.462 e. The molecule has 0 N–H and O–H groups in total. The van der Waals surface area contributed by atoms with Gasteiger partial charge < -0.3 is 9.30 Å². The summed E-state index contributed by atoms with van der Waals surface area (Å²) in [7, 11) is 0. The van der Waals surface area contributed by atoms with Gasteiger partial charge in [-0.3, -0.25) is 0 Å². The maximum atomic E-state index is 11.4. The Bertz CT molecular complexity index is 558. The van der Waals surface area contributed by atoms with Gasteiger partial charge in [0.15, 0.2) is 0 Å². The van der Waals surface area contributed by atoms with Crippen molar-refractivity contribution in [1.29, 1.82) is 0 Å². The molecule has 0 aliphatic rings. The number of fused-ring (bicyclic) bond motifs is 1. The molecule has 1 aromatic heterocycles. The summed E-state index contributed by atoms with van der Waals surface area (Å²) >= 11 is 0. The number of aromatic nitrogens is 2. The Labute approximate surface area is 106 Å². The lowest BCUT2D eigenvalue weighted by molar-refractivity contribution is -0.137. The quantitative estimate of drug-likeness (QED) is 0.461. The fraction of sp³-hybridized carbons (Fsp3) is 0.286. The van der Waals surface area contributed by atoms with Crippen LogP contribution >= 0.6 is 0 Å². The van der Waals surface area contributed by atoms with Crippen LogP contribution in [0.15, 0.2) is 36.7 Å². The zero-order valence-corrected chi connectivity index (χ0v) is 10.4. The van der Waals surface area contributed by atoms with E-state index in [-0.39, 0.29) is 5.97 Å². The SMILES string of the molecule is CCCCOC(=O)/C=C/n1cnc2ccccc21. The second-order valence-corrected chi connectivity index (χ2v) is 3.98. The number of imidazole rings is 1. The molecule has 2 aromatic rings. The van der Waals surface area contributed by atoms with Crippen LogP contribution in [0.5, 0.6) is 0 Å². The first-order valence-corrected chi connectivity index (χ1v) is 6.08. The molecule has 0 fully saturated rings. The van der Waals surface area contributed by atoms with Gasteiger partial charge in [0.1, 0.15) is 0 Å². The summed E-state index contributed by atoms with van der Waals surface area (Å²) < 4.78 is 6.84. The van der Waals surface area contributed by atoms with E-state index < -0.39 is 0 Å². The molecule has 4 nitrogen and oxygen atoms in total. The fourth-order valence-corrected chi connectivity index (χ4v) is 1.60. The zero-order valence-electron chi connectivity index (χ0n) is 10.4. The first-order valence-electron chi connectivity index (χ1n) is 6.08. The van der Waals surface area contributed by atoms with Crippen LogP contribution in [0.1, 0.15) is 19.8 Å². The van der Waals surface area contributed by atoms with Crippen molar-refractivity contribution in [2.24, 2.45) is 0 Å². The highest BCUT2D eigenvalue weighted by molar-refractivity contribution is 5.86. The number of esters is 1. The van der Waals surface area contributed by atoms with Crippen LogP contribution in [0.4, 0.5) is 0 Å². The Hall–Kier alpha value is -2.10. The van der Waals surface area contributed by atoms with Gasteiger partial charge in [-0.2, -0.15) is 0 Å². The van der Waals surface area contributed by atoms with Gasteiger partial charge in [-0.05, 0) is 18.6 Å². The summed E-state index contributed by atoms with van der Waals surface area (Å²) in [5.41, 5.74) is 1.87. The lowest BCUT2D eigenvalue weighted by atomic mass is 10.3. The van der Waals surface area contributed by atoms with Crippen molar-refractivity contribution in [3.8, 4) is 0 Å². The Morgan fingerprint density at radius 2 is 2.28 bits per heavy atom. The van der Waals surface area contributed by atoms with Crippen LogP contribution in [0.3, 0.4) is 0 Å². The highest BCUT2D eigenvalue weighted by atomic mass is 16.5. The molecule has 18 heavy (non-hydrogen) atoms. The van der Waals surface area contributed by atoms with Gasteiger partial charge in [0.2, 0.25) is 0 Å². The third kappa shape index (κ3) is 2.97. The van der Waals surface area contributed by atoms with E-state index in [1.807, 2.05) is 24.3 Å². The van der Waals surface area contributed by atoms with Gasteiger partial charge in [-0.25, -0.2) is 9.78 Å². The van der Waals surface area contributed by atoms with Gasteiger partial charge in [0, 0.05) is 12.3 Å². The molecule has 0 atom stereocenters. The highest BCUT2D eigenvalue weighted by Gasteiger charge is 1.99. The van der Waals surface area contributed by atoms with Crippen LogP contribution < -0.4 is 0 Å². The van der Waals surface area contributed by atoms with E-state index >= 15 is 0 Å². The van der Waals surface area contributed by atoms with E-state index in [4.69, 9.17) is 4.74 Å². The van der Waals surface area contributed by atoms with Gasteiger partial charge in [-0.15, -0.1) is 0 Å². The molecule has 4 heteroatoms. The van der Waals surface area contributed by atoms with Crippen LogP contribution in [0, 0.1) is 0 Å².